The third-order valence-corrected chi connectivity index (χ3v) is 6.20. The molecular formula is C21H37ClF4N4O2. The SMILES string of the molecule is CC(C)(C)OC(=O)N1CCC(N2CC(F)(F)C2)CC1.Cl.FC1(F)CN(C2CCNCC2)C1. The molecule has 0 atom stereocenters. The van der Waals surface area contributed by atoms with Gasteiger partial charge in [0, 0.05) is 25.2 Å². The number of nitrogens with zero attached hydrogens (tertiary/aromatic N) is 3. The van der Waals surface area contributed by atoms with E-state index in [1.54, 1.807) is 4.90 Å². The second kappa shape index (κ2) is 10.6. The molecule has 0 saturated carbocycles. The second-order valence-electron chi connectivity index (χ2n) is 10.2. The number of carbonyl (C=O) groups is 1. The van der Waals surface area contributed by atoms with E-state index >= 15 is 0 Å². The number of hydrogen-bond donors (Lipinski definition) is 1. The lowest BCUT2D eigenvalue weighted by Gasteiger charge is -2.46. The number of hydrogen-bond acceptors (Lipinski definition) is 5. The molecule has 1 N–H and O–H groups in total. The van der Waals surface area contributed by atoms with Crippen molar-refractivity contribution in [2.75, 3.05) is 52.4 Å². The van der Waals surface area contributed by atoms with Crippen LogP contribution in [0.25, 0.3) is 0 Å². The van der Waals surface area contributed by atoms with E-state index in [1.807, 2.05) is 30.6 Å². The summed E-state index contributed by atoms with van der Waals surface area (Å²) < 4.78 is 55.9. The van der Waals surface area contributed by atoms with Crippen LogP contribution >= 0.6 is 12.4 Å². The predicted octanol–water partition coefficient (Wildman–Crippen LogP) is 3.45. The Morgan fingerprint density at radius 2 is 1.25 bits per heavy atom. The summed E-state index contributed by atoms with van der Waals surface area (Å²) in [6.45, 7) is 8.33. The van der Waals surface area contributed by atoms with Crippen molar-refractivity contribution in [1.82, 2.24) is 20.0 Å². The summed E-state index contributed by atoms with van der Waals surface area (Å²) in [5.74, 6) is -4.91. The number of likely N-dealkylation sites (tertiary alicyclic amines) is 3. The second-order valence-corrected chi connectivity index (χ2v) is 10.2. The summed E-state index contributed by atoms with van der Waals surface area (Å²) in [5.41, 5.74) is -0.493. The number of amides is 1. The van der Waals surface area contributed by atoms with Gasteiger partial charge in [-0.1, -0.05) is 0 Å². The van der Waals surface area contributed by atoms with Gasteiger partial charge in [-0.2, -0.15) is 0 Å². The third kappa shape index (κ3) is 7.88. The summed E-state index contributed by atoms with van der Waals surface area (Å²) in [7, 11) is 0. The lowest BCUT2D eigenvalue weighted by molar-refractivity contribution is -0.151. The molecule has 0 aliphatic carbocycles. The highest BCUT2D eigenvalue weighted by Crippen LogP contribution is 2.32. The summed E-state index contributed by atoms with van der Waals surface area (Å²) in [6.07, 6.45) is 3.23. The van der Waals surface area contributed by atoms with Crippen LogP contribution in [0.2, 0.25) is 0 Å². The van der Waals surface area contributed by atoms with Crippen LogP contribution in [0.5, 0.6) is 0 Å². The lowest BCUT2D eigenvalue weighted by atomic mass is 9.98. The number of rotatable bonds is 2. The molecule has 4 aliphatic heterocycles. The Morgan fingerprint density at radius 3 is 1.62 bits per heavy atom. The number of piperidine rings is 2. The van der Waals surface area contributed by atoms with Crippen LogP contribution in [0, 0.1) is 0 Å². The van der Waals surface area contributed by atoms with Gasteiger partial charge in [-0.25, -0.2) is 22.4 Å². The Labute approximate surface area is 194 Å². The predicted molar refractivity (Wildman–Crippen MR) is 117 cm³/mol. The fourth-order valence-electron chi connectivity index (χ4n) is 4.52. The van der Waals surface area contributed by atoms with Gasteiger partial charge in [0.05, 0.1) is 26.2 Å². The average Bonchev–Trinajstić information content (AvgIpc) is 2.64. The number of halogens is 5. The van der Waals surface area contributed by atoms with Crippen LogP contribution in [-0.2, 0) is 4.74 Å². The summed E-state index contributed by atoms with van der Waals surface area (Å²) in [5, 5.41) is 3.22. The zero-order valence-corrected chi connectivity index (χ0v) is 20.0. The van der Waals surface area contributed by atoms with Crippen LogP contribution in [0.1, 0.15) is 46.5 Å². The van der Waals surface area contributed by atoms with Gasteiger partial charge in [-0.15, -0.1) is 12.4 Å². The summed E-state index contributed by atoms with van der Waals surface area (Å²) >= 11 is 0. The number of nitrogens with one attached hydrogen (secondary N) is 1. The Hall–Kier alpha value is -0.840. The summed E-state index contributed by atoms with van der Waals surface area (Å²) in [6, 6.07) is 0.587. The Kier molecular flexibility index (Phi) is 9.09. The molecule has 0 aromatic rings. The quantitative estimate of drug-likeness (QED) is 0.603. The monoisotopic (exact) mass is 488 g/mol. The molecule has 32 heavy (non-hydrogen) atoms. The van der Waals surface area contributed by atoms with Gasteiger partial charge in [0.15, 0.2) is 0 Å². The molecule has 4 rings (SSSR count). The van der Waals surface area contributed by atoms with Crippen molar-refractivity contribution >= 4 is 18.5 Å². The van der Waals surface area contributed by atoms with Gasteiger partial charge in [0.1, 0.15) is 5.60 Å². The van der Waals surface area contributed by atoms with Crippen molar-refractivity contribution in [1.29, 1.82) is 0 Å². The molecule has 1 amide bonds. The number of ether oxygens (including phenoxy) is 1. The summed E-state index contributed by atoms with van der Waals surface area (Å²) in [4.78, 5) is 17.2. The van der Waals surface area contributed by atoms with Crippen molar-refractivity contribution in [2.24, 2.45) is 0 Å². The van der Waals surface area contributed by atoms with E-state index in [1.165, 1.54) is 0 Å². The highest BCUT2D eigenvalue weighted by atomic mass is 35.5. The van der Waals surface area contributed by atoms with Crippen LogP contribution in [0.3, 0.4) is 0 Å². The molecule has 188 valence electrons. The van der Waals surface area contributed by atoms with Crippen molar-refractivity contribution in [3.8, 4) is 0 Å². The minimum absolute atomic E-state index is 0. The minimum atomic E-state index is -2.51. The Balaban J connectivity index is 0.000000241. The van der Waals surface area contributed by atoms with E-state index in [4.69, 9.17) is 4.74 Å². The fourth-order valence-corrected chi connectivity index (χ4v) is 4.52. The molecule has 11 heteroatoms. The molecule has 0 bridgehead atoms. The van der Waals surface area contributed by atoms with E-state index in [0.29, 0.717) is 19.1 Å². The van der Waals surface area contributed by atoms with Crippen LogP contribution < -0.4 is 5.32 Å². The topological polar surface area (TPSA) is 48.1 Å². The maximum atomic E-state index is 12.8. The van der Waals surface area contributed by atoms with E-state index in [2.05, 4.69) is 5.32 Å². The highest BCUT2D eigenvalue weighted by molar-refractivity contribution is 5.85. The van der Waals surface area contributed by atoms with Crippen LogP contribution in [-0.4, -0.2) is 103 Å². The highest BCUT2D eigenvalue weighted by Gasteiger charge is 2.47. The smallest absolute Gasteiger partial charge is 0.410 e. The molecule has 4 fully saturated rings. The van der Waals surface area contributed by atoms with Gasteiger partial charge in [-0.05, 0) is 59.5 Å². The molecule has 0 unspecified atom stereocenters. The largest absolute Gasteiger partial charge is 0.444 e. The van der Waals surface area contributed by atoms with Crippen LogP contribution in [0.4, 0.5) is 22.4 Å². The minimum Gasteiger partial charge on any atom is -0.444 e. The molecule has 6 nitrogen and oxygen atoms in total. The Morgan fingerprint density at radius 1 is 0.844 bits per heavy atom. The van der Waals surface area contributed by atoms with E-state index in [0.717, 1.165) is 38.8 Å². The van der Waals surface area contributed by atoms with Gasteiger partial charge in [-0.3, -0.25) is 9.80 Å². The average molecular weight is 489 g/mol. The molecule has 0 radical (unpaired) electrons. The molecule has 0 aromatic heterocycles. The van der Waals surface area contributed by atoms with Gasteiger partial charge >= 0.3 is 6.09 Å². The van der Waals surface area contributed by atoms with Gasteiger partial charge < -0.3 is 15.0 Å². The molecule has 0 spiro atoms. The molecule has 4 heterocycles. The Bertz CT molecular complexity index is 605. The van der Waals surface area contributed by atoms with Crippen molar-refractivity contribution in [2.45, 2.75) is 76.0 Å². The van der Waals surface area contributed by atoms with Gasteiger partial charge in [0.2, 0.25) is 0 Å². The van der Waals surface area contributed by atoms with Crippen molar-refractivity contribution in [3.63, 3.8) is 0 Å². The van der Waals surface area contributed by atoms with E-state index in [-0.39, 0.29) is 50.7 Å². The first-order valence-corrected chi connectivity index (χ1v) is 11.3. The first-order valence-electron chi connectivity index (χ1n) is 11.3. The van der Waals surface area contributed by atoms with E-state index < -0.39 is 17.4 Å². The first-order chi connectivity index (χ1) is 14.3. The van der Waals surface area contributed by atoms with Crippen molar-refractivity contribution in [3.05, 3.63) is 0 Å². The maximum Gasteiger partial charge on any atom is 0.410 e. The standard InChI is InChI=1S/C13H22F2N2O2.C8H14F2N2.ClH/c1-12(2,3)19-11(18)16-6-4-10(5-7-16)17-8-13(14,15)9-17;9-8(10)5-12(6-8)7-1-3-11-4-2-7;/h10H,4-9H2,1-3H3;7,11H,1-6H2;1H. The molecule has 4 saturated heterocycles. The zero-order valence-electron chi connectivity index (χ0n) is 19.2. The van der Waals surface area contributed by atoms with Crippen molar-refractivity contribution < 1.29 is 27.1 Å². The zero-order chi connectivity index (χ0) is 22.9. The van der Waals surface area contributed by atoms with E-state index in [9.17, 15) is 22.4 Å². The molecule has 0 aromatic carbocycles. The number of alkyl halides is 4. The normalized spacial score (nSPS) is 26.7. The van der Waals surface area contributed by atoms with Gasteiger partial charge in [0.25, 0.3) is 11.8 Å². The first kappa shape index (κ1) is 27.4. The third-order valence-electron chi connectivity index (χ3n) is 6.20. The molecular weight excluding hydrogens is 452 g/mol. The molecule has 4 aliphatic rings. The number of carbonyl (C=O) groups excluding carboxylic acids is 1. The maximum absolute atomic E-state index is 12.8. The fraction of sp³-hybridized carbons (Fsp3) is 0.952. The lowest BCUT2D eigenvalue weighted by Crippen LogP contribution is -2.61. The van der Waals surface area contributed by atoms with Crippen LogP contribution in [0.15, 0.2) is 0 Å².